The maximum atomic E-state index is 12.3. The molecule has 24 heavy (non-hydrogen) atoms. The highest BCUT2D eigenvalue weighted by Gasteiger charge is 2.27. The minimum atomic E-state index is 0.0177. The number of anilines is 1. The third kappa shape index (κ3) is 3.34. The number of nitrogens with zero attached hydrogens (tertiary/aromatic N) is 5. The van der Waals surface area contributed by atoms with Crippen LogP contribution < -0.4 is 10.2 Å². The van der Waals surface area contributed by atoms with Gasteiger partial charge in [-0.05, 0) is 38.8 Å². The van der Waals surface area contributed by atoms with Crippen molar-refractivity contribution in [3.8, 4) is 0 Å². The molecule has 2 aromatic rings. The topological polar surface area (TPSA) is 75.4 Å². The summed E-state index contributed by atoms with van der Waals surface area (Å²) in [5, 5.41) is 16.1. The van der Waals surface area contributed by atoms with Gasteiger partial charge in [0.05, 0.1) is 5.92 Å². The van der Waals surface area contributed by atoms with E-state index in [1.807, 2.05) is 30.5 Å². The summed E-state index contributed by atoms with van der Waals surface area (Å²) in [7, 11) is 0. The number of amides is 1. The van der Waals surface area contributed by atoms with Crippen molar-refractivity contribution in [2.75, 3.05) is 18.0 Å². The Labute approximate surface area is 142 Å². The van der Waals surface area contributed by atoms with Crippen molar-refractivity contribution in [2.45, 2.75) is 52.5 Å². The van der Waals surface area contributed by atoms with Crippen molar-refractivity contribution in [1.82, 2.24) is 25.1 Å². The molecule has 0 aromatic carbocycles. The van der Waals surface area contributed by atoms with Gasteiger partial charge in [-0.1, -0.05) is 13.8 Å². The lowest BCUT2D eigenvalue weighted by Gasteiger charge is -2.33. The summed E-state index contributed by atoms with van der Waals surface area (Å²) in [4.78, 5) is 14.5. The number of fused-ring (bicyclic) bond motifs is 1. The number of nitrogens with one attached hydrogen (secondary N) is 1. The fraction of sp³-hybridized carbons (Fsp3) is 0.647. The van der Waals surface area contributed by atoms with E-state index in [0.29, 0.717) is 6.54 Å². The zero-order chi connectivity index (χ0) is 17.3. The number of hydrogen-bond acceptors (Lipinski definition) is 5. The molecule has 3 rings (SSSR count). The monoisotopic (exact) mass is 330 g/mol. The zero-order valence-corrected chi connectivity index (χ0v) is 14.9. The molecule has 1 unspecified atom stereocenters. The van der Waals surface area contributed by atoms with Crippen molar-refractivity contribution in [3.05, 3.63) is 18.0 Å². The molecule has 0 spiro atoms. The number of aromatic nitrogens is 4. The molecule has 1 atom stereocenters. The fourth-order valence-electron chi connectivity index (χ4n) is 3.13. The lowest BCUT2D eigenvalue weighted by molar-refractivity contribution is -0.125. The molecule has 1 aliphatic rings. The lowest BCUT2D eigenvalue weighted by atomic mass is 9.97. The van der Waals surface area contributed by atoms with Crippen LogP contribution in [-0.4, -0.2) is 44.8 Å². The molecule has 1 N–H and O–H groups in total. The van der Waals surface area contributed by atoms with Gasteiger partial charge < -0.3 is 10.2 Å². The second-order valence-electron chi connectivity index (χ2n) is 7.12. The Hall–Kier alpha value is -2.18. The first-order valence-electron chi connectivity index (χ1n) is 8.73. The van der Waals surface area contributed by atoms with E-state index in [0.717, 1.165) is 36.7 Å². The number of hydrogen-bond donors (Lipinski definition) is 1. The fourth-order valence-corrected chi connectivity index (χ4v) is 3.13. The van der Waals surface area contributed by atoms with Gasteiger partial charge in [0.15, 0.2) is 11.5 Å². The standard InChI is InChI=1S/C17H26N6O/c1-11(2)16-20-19-14-7-8-15(21-23(14)16)22-9-5-6-13(10-22)17(24)18-12(3)4/h7-8,11-13H,5-6,9-10H2,1-4H3,(H,18,24). The van der Waals surface area contributed by atoms with E-state index < -0.39 is 0 Å². The molecule has 2 aromatic heterocycles. The Kier molecular flexibility index (Phi) is 4.69. The first kappa shape index (κ1) is 16.7. The van der Waals surface area contributed by atoms with Gasteiger partial charge in [-0.3, -0.25) is 4.79 Å². The van der Waals surface area contributed by atoms with Crippen LogP contribution in [-0.2, 0) is 4.79 Å². The second-order valence-corrected chi connectivity index (χ2v) is 7.12. The van der Waals surface area contributed by atoms with Crippen LogP contribution in [0.4, 0.5) is 5.82 Å². The molecule has 0 aliphatic carbocycles. The summed E-state index contributed by atoms with van der Waals surface area (Å²) in [5.74, 6) is 2.16. The highest BCUT2D eigenvalue weighted by atomic mass is 16.2. The second kappa shape index (κ2) is 6.75. The van der Waals surface area contributed by atoms with Crippen LogP contribution in [0.5, 0.6) is 0 Å². The summed E-state index contributed by atoms with van der Waals surface area (Å²) in [6.07, 6.45) is 1.93. The van der Waals surface area contributed by atoms with E-state index in [2.05, 4.69) is 34.3 Å². The summed E-state index contributed by atoms with van der Waals surface area (Å²) < 4.78 is 1.82. The molecule has 7 nitrogen and oxygen atoms in total. The van der Waals surface area contributed by atoms with Crippen molar-refractivity contribution in [2.24, 2.45) is 5.92 Å². The zero-order valence-electron chi connectivity index (χ0n) is 14.9. The van der Waals surface area contributed by atoms with E-state index in [-0.39, 0.29) is 23.8 Å². The maximum absolute atomic E-state index is 12.3. The highest BCUT2D eigenvalue weighted by Crippen LogP contribution is 2.23. The summed E-state index contributed by atoms with van der Waals surface area (Å²) in [6.45, 7) is 9.77. The Morgan fingerprint density at radius 2 is 2.04 bits per heavy atom. The number of rotatable bonds is 4. The van der Waals surface area contributed by atoms with Crippen LogP contribution in [0.15, 0.2) is 12.1 Å². The van der Waals surface area contributed by atoms with Crippen molar-refractivity contribution in [1.29, 1.82) is 0 Å². The molecule has 0 saturated carbocycles. The van der Waals surface area contributed by atoms with Crippen molar-refractivity contribution >= 4 is 17.4 Å². The van der Waals surface area contributed by atoms with Gasteiger partial charge in [0.2, 0.25) is 5.91 Å². The van der Waals surface area contributed by atoms with Gasteiger partial charge >= 0.3 is 0 Å². The van der Waals surface area contributed by atoms with Gasteiger partial charge in [-0.15, -0.1) is 15.3 Å². The van der Waals surface area contributed by atoms with Crippen molar-refractivity contribution < 1.29 is 4.79 Å². The summed E-state index contributed by atoms with van der Waals surface area (Å²) in [5.41, 5.74) is 0.758. The summed E-state index contributed by atoms with van der Waals surface area (Å²) >= 11 is 0. The predicted molar refractivity (Wildman–Crippen MR) is 93.1 cm³/mol. The molecule has 3 heterocycles. The third-order valence-electron chi connectivity index (χ3n) is 4.34. The van der Waals surface area contributed by atoms with E-state index >= 15 is 0 Å². The quantitative estimate of drug-likeness (QED) is 0.928. The first-order valence-corrected chi connectivity index (χ1v) is 8.73. The van der Waals surface area contributed by atoms with Crippen LogP contribution in [0, 0.1) is 5.92 Å². The normalized spacial score (nSPS) is 18.6. The average molecular weight is 330 g/mol. The molecule has 1 aliphatic heterocycles. The lowest BCUT2D eigenvalue weighted by Crippen LogP contribution is -2.45. The Balaban J connectivity index is 1.81. The molecular weight excluding hydrogens is 304 g/mol. The number of piperidine rings is 1. The molecular formula is C17H26N6O. The van der Waals surface area contributed by atoms with E-state index in [9.17, 15) is 4.79 Å². The van der Waals surface area contributed by atoms with Crippen LogP contribution in [0.1, 0.15) is 52.3 Å². The summed E-state index contributed by atoms with van der Waals surface area (Å²) in [6, 6.07) is 4.09. The molecule has 1 saturated heterocycles. The minimum Gasteiger partial charge on any atom is -0.354 e. The average Bonchev–Trinajstić information content (AvgIpc) is 2.97. The van der Waals surface area contributed by atoms with Gasteiger partial charge in [0.25, 0.3) is 0 Å². The Morgan fingerprint density at radius 1 is 1.25 bits per heavy atom. The highest BCUT2D eigenvalue weighted by molar-refractivity contribution is 5.79. The molecule has 1 amide bonds. The predicted octanol–water partition coefficient (Wildman–Crippen LogP) is 1.99. The SMILES string of the molecule is CC(C)NC(=O)C1CCCN(c2ccc3nnc(C(C)C)n3n2)C1. The van der Waals surface area contributed by atoms with Gasteiger partial charge in [0.1, 0.15) is 5.82 Å². The number of carbonyl (C=O) groups is 1. The molecule has 0 radical (unpaired) electrons. The van der Waals surface area contributed by atoms with E-state index in [1.165, 1.54) is 0 Å². The van der Waals surface area contributed by atoms with E-state index in [4.69, 9.17) is 5.10 Å². The molecule has 1 fully saturated rings. The molecule has 7 heteroatoms. The number of carbonyl (C=O) groups excluding carboxylic acids is 1. The van der Waals surface area contributed by atoms with Gasteiger partial charge in [0, 0.05) is 25.0 Å². The van der Waals surface area contributed by atoms with E-state index in [1.54, 1.807) is 0 Å². The Bertz CT molecular complexity index is 723. The van der Waals surface area contributed by atoms with Crippen LogP contribution in [0.3, 0.4) is 0 Å². The molecule has 130 valence electrons. The first-order chi connectivity index (χ1) is 11.5. The van der Waals surface area contributed by atoms with Crippen LogP contribution >= 0.6 is 0 Å². The van der Waals surface area contributed by atoms with Gasteiger partial charge in [-0.25, -0.2) is 0 Å². The van der Waals surface area contributed by atoms with Crippen LogP contribution in [0.2, 0.25) is 0 Å². The third-order valence-corrected chi connectivity index (χ3v) is 4.34. The van der Waals surface area contributed by atoms with Crippen LogP contribution in [0.25, 0.3) is 5.65 Å². The Morgan fingerprint density at radius 3 is 2.75 bits per heavy atom. The van der Waals surface area contributed by atoms with Crippen molar-refractivity contribution in [3.63, 3.8) is 0 Å². The minimum absolute atomic E-state index is 0.0177. The molecule has 0 bridgehead atoms. The maximum Gasteiger partial charge on any atom is 0.225 e. The largest absolute Gasteiger partial charge is 0.354 e. The smallest absolute Gasteiger partial charge is 0.225 e. The van der Waals surface area contributed by atoms with Gasteiger partial charge in [-0.2, -0.15) is 4.52 Å².